The van der Waals surface area contributed by atoms with E-state index in [-0.39, 0.29) is 5.54 Å². The number of hydrogen-bond donors (Lipinski definition) is 1. The molecule has 4 nitrogen and oxygen atoms in total. The van der Waals surface area contributed by atoms with Gasteiger partial charge >= 0.3 is 0 Å². The molecule has 4 heteroatoms. The van der Waals surface area contributed by atoms with E-state index in [0.717, 1.165) is 25.9 Å². The first-order chi connectivity index (χ1) is 10.1. The number of nitrogens with zero attached hydrogens (tertiary/aromatic N) is 3. The predicted octanol–water partition coefficient (Wildman–Crippen LogP) is 2.69. The molecular formula is C17H32N4. The molecule has 0 aromatic carbocycles. The third kappa shape index (κ3) is 3.86. The van der Waals surface area contributed by atoms with Gasteiger partial charge in [-0.15, -0.1) is 0 Å². The molecule has 1 atom stereocenters. The second-order valence-corrected chi connectivity index (χ2v) is 6.70. The molecule has 2 heterocycles. The van der Waals surface area contributed by atoms with E-state index in [1.54, 1.807) is 0 Å². The number of aryl methyl sites for hydroxylation is 1. The summed E-state index contributed by atoms with van der Waals surface area (Å²) in [6.45, 7) is 13.7. The van der Waals surface area contributed by atoms with Crippen LogP contribution in [0.5, 0.6) is 0 Å². The van der Waals surface area contributed by atoms with Gasteiger partial charge in [-0.25, -0.2) is 4.98 Å². The van der Waals surface area contributed by atoms with Crippen LogP contribution in [-0.2, 0) is 13.0 Å². The summed E-state index contributed by atoms with van der Waals surface area (Å²) in [6.07, 6.45) is 8.90. The molecule has 21 heavy (non-hydrogen) atoms. The molecular weight excluding hydrogens is 260 g/mol. The van der Waals surface area contributed by atoms with E-state index in [9.17, 15) is 0 Å². The van der Waals surface area contributed by atoms with Gasteiger partial charge in [0.25, 0.3) is 0 Å². The van der Waals surface area contributed by atoms with Crippen molar-refractivity contribution in [1.82, 2.24) is 19.8 Å². The molecule has 1 aliphatic rings. The average Bonchev–Trinajstić information content (AvgIpc) is 3.10. The van der Waals surface area contributed by atoms with Crippen LogP contribution in [-0.4, -0.2) is 45.7 Å². The minimum atomic E-state index is 0.176. The zero-order valence-corrected chi connectivity index (χ0v) is 14.2. The molecule has 1 unspecified atom stereocenters. The Morgan fingerprint density at radius 2 is 2.00 bits per heavy atom. The van der Waals surface area contributed by atoms with Crippen LogP contribution in [0.4, 0.5) is 0 Å². The lowest BCUT2D eigenvalue weighted by Gasteiger charge is -2.42. The van der Waals surface area contributed by atoms with E-state index < -0.39 is 0 Å². The Hall–Kier alpha value is -0.870. The van der Waals surface area contributed by atoms with Gasteiger partial charge in [-0.05, 0) is 52.7 Å². The molecule has 1 fully saturated rings. The van der Waals surface area contributed by atoms with Crippen molar-refractivity contribution in [3.63, 3.8) is 0 Å². The van der Waals surface area contributed by atoms with Crippen LogP contribution >= 0.6 is 0 Å². The molecule has 1 aromatic rings. The van der Waals surface area contributed by atoms with Crippen molar-refractivity contribution in [3.05, 3.63) is 18.2 Å². The lowest BCUT2D eigenvalue weighted by atomic mass is 9.89. The van der Waals surface area contributed by atoms with Gasteiger partial charge in [-0.2, -0.15) is 0 Å². The maximum absolute atomic E-state index is 4.60. The molecule has 0 aliphatic carbocycles. The summed E-state index contributed by atoms with van der Waals surface area (Å²) in [5.74, 6) is 1.22. The molecule has 1 aromatic heterocycles. The molecule has 120 valence electrons. The van der Waals surface area contributed by atoms with Gasteiger partial charge in [0, 0.05) is 36.9 Å². The molecule has 2 rings (SSSR count). The Morgan fingerprint density at radius 1 is 1.29 bits per heavy atom. The molecule has 0 radical (unpaired) electrons. The number of likely N-dealkylation sites (tertiary alicyclic amines) is 1. The van der Waals surface area contributed by atoms with E-state index in [1.807, 2.05) is 6.20 Å². The third-order valence-electron chi connectivity index (χ3n) is 4.88. The van der Waals surface area contributed by atoms with Gasteiger partial charge in [0.2, 0.25) is 0 Å². The predicted molar refractivity (Wildman–Crippen MR) is 88.6 cm³/mol. The van der Waals surface area contributed by atoms with Crippen molar-refractivity contribution in [2.45, 2.75) is 71.5 Å². The van der Waals surface area contributed by atoms with Gasteiger partial charge in [0.1, 0.15) is 5.82 Å². The van der Waals surface area contributed by atoms with E-state index in [0.29, 0.717) is 6.04 Å². The van der Waals surface area contributed by atoms with Gasteiger partial charge in [0.05, 0.1) is 0 Å². The second-order valence-electron chi connectivity index (χ2n) is 6.70. The summed E-state index contributed by atoms with van der Waals surface area (Å²) < 4.78 is 2.31. The Bertz CT molecular complexity index is 418. The van der Waals surface area contributed by atoms with E-state index >= 15 is 0 Å². The summed E-state index contributed by atoms with van der Waals surface area (Å²) in [5.41, 5.74) is 0.176. The summed E-state index contributed by atoms with van der Waals surface area (Å²) in [7, 11) is 0. The van der Waals surface area contributed by atoms with Crippen molar-refractivity contribution in [2.24, 2.45) is 0 Å². The monoisotopic (exact) mass is 292 g/mol. The number of imidazole rings is 1. The lowest BCUT2D eigenvalue weighted by Crippen LogP contribution is -2.58. The highest BCUT2D eigenvalue weighted by molar-refractivity contribution is 5.03. The van der Waals surface area contributed by atoms with Crippen LogP contribution in [0.2, 0.25) is 0 Å². The molecule has 1 saturated heterocycles. The zero-order chi connectivity index (χ0) is 15.3. The zero-order valence-electron chi connectivity index (χ0n) is 14.2. The standard InChI is InChI=1S/C17H32N4/c1-5-10-20-13-9-19-16(20)14-15(18-6-2)17(3,4)21-11-7-8-12-21/h9,13,15,18H,5-8,10-12,14H2,1-4H3. The number of rotatable bonds is 8. The smallest absolute Gasteiger partial charge is 0.110 e. The fourth-order valence-electron chi connectivity index (χ4n) is 3.49. The van der Waals surface area contributed by atoms with E-state index in [2.05, 4.69) is 53.7 Å². The highest BCUT2D eigenvalue weighted by Crippen LogP contribution is 2.26. The summed E-state index contributed by atoms with van der Waals surface area (Å²) in [6, 6.07) is 0.443. The van der Waals surface area contributed by atoms with Crippen molar-refractivity contribution in [1.29, 1.82) is 0 Å². The number of hydrogen-bond acceptors (Lipinski definition) is 3. The highest BCUT2D eigenvalue weighted by atomic mass is 15.2. The quantitative estimate of drug-likeness (QED) is 0.800. The Labute approximate surface area is 129 Å². The molecule has 1 aliphatic heterocycles. The molecule has 0 bridgehead atoms. The maximum atomic E-state index is 4.60. The minimum absolute atomic E-state index is 0.176. The van der Waals surface area contributed by atoms with Crippen LogP contribution in [0, 0.1) is 0 Å². The van der Waals surface area contributed by atoms with Crippen LogP contribution in [0.25, 0.3) is 0 Å². The number of likely N-dealkylation sites (N-methyl/N-ethyl adjacent to an activating group) is 1. The fraction of sp³-hybridized carbons (Fsp3) is 0.824. The first-order valence-corrected chi connectivity index (χ1v) is 8.58. The van der Waals surface area contributed by atoms with Crippen LogP contribution in [0.3, 0.4) is 0 Å². The summed E-state index contributed by atoms with van der Waals surface area (Å²) in [4.78, 5) is 7.25. The number of nitrogens with one attached hydrogen (secondary N) is 1. The Morgan fingerprint density at radius 3 is 2.62 bits per heavy atom. The highest BCUT2D eigenvalue weighted by Gasteiger charge is 2.36. The molecule has 0 saturated carbocycles. The van der Waals surface area contributed by atoms with Crippen LogP contribution in [0.1, 0.15) is 52.8 Å². The minimum Gasteiger partial charge on any atom is -0.335 e. The molecule has 0 spiro atoms. The van der Waals surface area contributed by atoms with Gasteiger partial charge in [0.15, 0.2) is 0 Å². The third-order valence-corrected chi connectivity index (χ3v) is 4.88. The summed E-state index contributed by atoms with van der Waals surface area (Å²) >= 11 is 0. The van der Waals surface area contributed by atoms with E-state index in [1.165, 1.54) is 31.8 Å². The molecule has 0 amide bonds. The van der Waals surface area contributed by atoms with Crippen molar-refractivity contribution in [3.8, 4) is 0 Å². The Balaban J connectivity index is 2.12. The Kier molecular flexibility index (Phi) is 5.82. The summed E-state index contributed by atoms with van der Waals surface area (Å²) in [5, 5.41) is 3.71. The molecule has 1 N–H and O–H groups in total. The van der Waals surface area contributed by atoms with Crippen LogP contribution < -0.4 is 5.32 Å². The van der Waals surface area contributed by atoms with Crippen molar-refractivity contribution in [2.75, 3.05) is 19.6 Å². The van der Waals surface area contributed by atoms with Gasteiger partial charge < -0.3 is 9.88 Å². The maximum Gasteiger partial charge on any atom is 0.110 e. The van der Waals surface area contributed by atoms with Crippen molar-refractivity contribution < 1.29 is 0 Å². The first kappa shape index (κ1) is 16.5. The van der Waals surface area contributed by atoms with Crippen molar-refractivity contribution >= 4 is 0 Å². The second kappa shape index (κ2) is 7.41. The average molecular weight is 292 g/mol. The van der Waals surface area contributed by atoms with Gasteiger partial charge in [-0.3, -0.25) is 4.90 Å². The SMILES string of the molecule is CCCn1ccnc1CC(NCC)C(C)(C)N1CCCC1. The van der Waals surface area contributed by atoms with Crippen LogP contribution in [0.15, 0.2) is 12.4 Å². The number of aromatic nitrogens is 2. The van der Waals surface area contributed by atoms with Gasteiger partial charge in [-0.1, -0.05) is 13.8 Å². The topological polar surface area (TPSA) is 33.1 Å². The first-order valence-electron chi connectivity index (χ1n) is 8.58. The fourth-order valence-corrected chi connectivity index (χ4v) is 3.49. The van der Waals surface area contributed by atoms with E-state index in [4.69, 9.17) is 0 Å². The lowest BCUT2D eigenvalue weighted by molar-refractivity contribution is 0.106. The normalized spacial score (nSPS) is 18.3. The largest absolute Gasteiger partial charge is 0.335 e.